The average Bonchev–Trinajstić information content (AvgIpc) is 2.67. The molecule has 0 aliphatic heterocycles. The van der Waals surface area contributed by atoms with Gasteiger partial charge in [-0.1, -0.05) is 19.1 Å². The minimum Gasteiger partial charge on any atom is -0.388 e. The first-order valence-electron chi connectivity index (χ1n) is 5.65. The van der Waals surface area contributed by atoms with Crippen LogP contribution in [0, 0.1) is 5.92 Å². The van der Waals surface area contributed by atoms with E-state index in [1.807, 2.05) is 12.1 Å². The summed E-state index contributed by atoms with van der Waals surface area (Å²) in [6.07, 6.45) is 7.26. The molecular formula is C12H18N2S. The summed E-state index contributed by atoms with van der Waals surface area (Å²) in [5, 5.41) is 0. The zero-order chi connectivity index (χ0) is 10.8. The number of nitrogens with two attached hydrogens (primary N) is 1. The van der Waals surface area contributed by atoms with E-state index in [1.165, 1.54) is 25.7 Å². The molecule has 1 heterocycles. The van der Waals surface area contributed by atoms with Gasteiger partial charge in [0.15, 0.2) is 0 Å². The van der Waals surface area contributed by atoms with Crippen LogP contribution in [-0.2, 0) is 0 Å². The molecule has 0 atom stereocenters. The predicted octanol–water partition coefficient (Wildman–Crippen LogP) is 2.87. The van der Waals surface area contributed by atoms with Crippen LogP contribution in [0.4, 0.5) is 0 Å². The molecule has 0 unspecified atom stereocenters. The lowest BCUT2D eigenvalue weighted by Gasteiger charge is -2.28. The van der Waals surface area contributed by atoms with E-state index in [9.17, 15) is 0 Å². The third-order valence-electron chi connectivity index (χ3n) is 3.41. The molecule has 82 valence electrons. The lowest BCUT2D eigenvalue weighted by atomic mass is 9.87. The Morgan fingerprint density at radius 3 is 2.67 bits per heavy atom. The van der Waals surface area contributed by atoms with Gasteiger partial charge >= 0.3 is 0 Å². The lowest BCUT2D eigenvalue weighted by Crippen LogP contribution is -2.22. The maximum atomic E-state index is 5.70. The molecule has 1 aliphatic rings. The van der Waals surface area contributed by atoms with Crippen LogP contribution in [0.15, 0.2) is 18.3 Å². The van der Waals surface area contributed by atoms with Crippen molar-refractivity contribution in [2.24, 2.45) is 11.7 Å². The molecule has 0 saturated heterocycles. The van der Waals surface area contributed by atoms with Gasteiger partial charge in [0.05, 0.1) is 5.69 Å². The van der Waals surface area contributed by atoms with Gasteiger partial charge in [-0.25, -0.2) is 0 Å². The molecule has 15 heavy (non-hydrogen) atoms. The summed E-state index contributed by atoms with van der Waals surface area (Å²) in [6.45, 7) is 2.33. The van der Waals surface area contributed by atoms with E-state index in [-0.39, 0.29) is 0 Å². The third kappa shape index (κ3) is 2.23. The number of aromatic nitrogens is 1. The number of hydrogen-bond acceptors (Lipinski definition) is 1. The number of nitrogens with zero attached hydrogens (tertiary/aromatic N) is 1. The minimum absolute atomic E-state index is 0.513. The van der Waals surface area contributed by atoms with Gasteiger partial charge in [-0.2, -0.15) is 0 Å². The molecule has 0 aromatic carbocycles. The van der Waals surface area contributed by atoms with Gasteiger partial charge in [-0.15, -0.1) is 0 Å². The average molecular weight is 222 g/mol. The van der Waals surface area contributed by atoms with Crippen molar-refractivity contribution in [1.82, 2.24) is 4.57 Å². The van der Waals surface area contributed by atoms with Crippen molar-refractivity contribution in [3.8, 4) is 0 Å². The third-order valence-corrected chi connectivity index (χ3v) is 3.62. The van der Waals surface area contributed by atoms with E-state index in [4.69, 9.17) is 18.0 Å². The maximum absolute atomic E-state index is 5.70. The van der Waals surface area contributed by atoms with Gasteiger partial charge in [-0.05, 0) is 43.7 Å². The smallest absolute Gasteiger partial charge is 0.120 e. The summed E-state index contributed by atoms with van der Waals surface area (Å²) < 4.78 is 2.26. The fourth-order valence-electron chi connectivity index (χ4n) is 2.44. The van der Waals surface area contributed by atoms with Crippen molar-refractivity contribution in [2.75, 3.05) is 0 Å². The van der Waals surface area contributed by atoms with Crippen LogP contribution >= 0.6 is 12.2 Å². The molecule has 2 rings (SSSR count). The fourth-order valence-corrected chi connectivity index (χ4v) is 2.62. The van der Waals surface area contributed by atoms with E-state index in [0.717, 1.165) is 11.6 Å². The molecule has 2 N–H and O–H groups in total. The lowest BCUT2D eigenvalue weighted by molar-refractivity contribution is 0.289. The molecule has 0 radical (unpaired) electrons. The molecule has 1 aromatic rings. The zero-order valence-electron chi connectivity index (χ0n) is 9.15. The molecule has 0 amide bonds. The maximum Gasteiger partial charge on any atom is 0.120 e. The molecule has 0 spiro atoms. The van der Waals surface area contributed by atoms with Gasteiger partial charge < -0.3 is 10.3 Å². The Labute approximate surface area is 96.5 Å². The van der Waals surface area contributed by atoms with E-state index in [1.54, 1.807) is 0 Å². The summed E-state index contributed by atoms with van der Waals surface area (Å²) in [5.41, 5.74) is 6.72. The van der Waals surface area contributed by atoms with Gasteiger partial charge in [0.25, 0.3) is 0 Å². The molecule has 1 aliphatic carbocycles. The van der Waals surface area contributed by atoms with E-state index in [0.29, 0.717) is 11.0 Å². The monoisotopic (exact) mass is 222 g/mol. The van der Waals surface area contributed by atoms with Crippen LogP contribution in [0.3, 0.4) is 0 Å². The Hall–Kier alpha value is -0.830. The quantitative estimate of drug-likeness (QED) is 0.780. The fraction of sp³-hybridized carbons (Fsp3) is 0.583. The standard InChI is InChI=1S/C12H18N2S/c1-9-4-6-10(7-5-9)14-8-2-3-11(14)12(13)15/h2-3,8-10H,4-7H2,1H3,(H2,13,15). The van der Waals surface area contributed by atoms with Gasteiger partial charge in [-0.3, -0.25) is 0 Å². The van der Waals surface area contributed by atoms with E-state index >= 15 is 0 Å². The summed E-state index contributed by atoms with van der Waals surface area (Å²) in [5.74, 6) is 0.880. The second kappa shape index (κ2) is 4.35. The molecule has 1 aromatic heterocycles. The highest BCUT2D eigenvalue weighted by Crippen LogP contribution is 2.32. The molecule has 2 nitrogen and oxygen atoms in total. The first kappa shape index (κ1) is 10.7. The molecular weight excluding hydrogens is 204 g/mol. The largest absolute Gasteiger partial charge is 0.388 e. The van der Waals surface area contributed by atoms with Crippen molar-refractivity contribution in [2.45, 2.75) is 38.6 Å². The summed E-state index contributed by atoms with van der Waals surface area (Å²) in [4.78, 5) is 0.513. The van der Waals surface area contributed by atoms with Gasteiger partial charge in [0.2, 0.25) is 0 Å². The van der Waals surface area contributed by atoms with E-state index in [2.05, 4.69) is 17.7 Å². The number of thiocarbonyl (C=S) groups is 1. The molecule has 1 saturated carbocycles. The molecule has 1 fully saturated rings. The highest BCUT2D eigenvalue weighted by molar-refractivity contribution is 7.80. The van der Waals surface area contributed by atoms with Crippen molar-refractivity contribution in [1.29, 1.82) is 0 Å². The Kier molecular flexibility index (Phi) is 3.10. The van der Waals surface area contributed by atoms with Crippen LogP contribution in [0.5, 0.6) is 0 Å². The molecule has 0 bridgehead atoms. The van der Waals surface area contributed by atoms with Crippen LogP contribution in [0.2, 0.25) is 0 Å². The van der Waals surface area contributed by atoms with Gasteiger partial charge in [0, 0.05) is 12.2 Å². The van der Waals surface area contributed by atoms with Gasteiger partial charge in [0.1, 0.15) is 4.99 Å². The topological polar surface area (TPSA) is 30.9 Å². The zero-order valence-corrected chi connectivity index (χ0v) is 9.96. The highest BCUT2D eigenvalue weighted by Gasteiger charge is 2.21. The van der Waals surface area contributed by atoms with E-state index < -0.39 is 0 Å². The van der Waals surface area contributed by atoms with Crippen LogP contribution in [0.1, 0.15) is 44.3 Å². The van der Waals surface area contributed by atoms with Crippen LogP contribution < -0.4 is 5.73 Å². The van der Waals surface area contributed by atoms with Crippen LogP contribution in [0.25, 0.3) is 0 Å². The first-order chi connectivity index (χ1) is 7.18. The summed E-state index contributed by atoms with van der Waals surface area (Å²) in [6, 6.07) is 4.65. The highest BCUT2D eigenvalue weighted by atomic mass is 32.1. The predicted molar refractivity (Wildman–Crippen MR) is 67.0 cm³/mol. The van der Waals surface area contributed by atoms with Crippen molar-refractivity contribution in [3.63, 3.8) is 0 Å². The normalized spacial score (nSPS) is 26.5. The van der Waals surface area contributed by atoms with Crippen molar-refractivity contribution >= 4 is 17.2 Å². The first-order valence-corrected chi connectivity index (χ1v) is 6.06. The number of rotatable bonds is 2. The Morgan fingerprint density at radius 2 is 2.07 bits per heavy atom. The second-order valence-corrected chi connectivity index (χ2v) is 5.02. The Morgan fingerprint density at radius 1 is 1.40 bits per heavy atom. The second-order valence-electron chi connectivity index (χ2n) is 4.58. The molecule has 3 heteroatoms. The summed E-state index contributed by atoms with van der Waals surface area (Å²) >= 11 is 5.05. The van der Waals surface area contributed by atoms with Crippen LogP contribution in [-0.4, -0.2) is 9.56 Å². The number of hydrogen-bond donors (Lipinski definition) is 1. The minimum atomic E-state index is 0.513. The SMILES string of the molecule is CC1CCC(n2cccc2C(N)=S)CC1. The Balaban J connectivity index is 2.15. The summed E-state index contributed by atoms with van der Waals surface area (Å²) in [7, 11) is 0. The Bertz CT molecular complexity index is 348. The van der Waals surface area contributed by atoms with Crippen molar-refractivity contribution in [3.05, 3.63) is 24.0 Å². The van der Waals surface area contributed by atoms with Crippen molar-refractivity contribution < 1.29 is 0 Å².